The Kier molecular flexibility index (Phi) is 2.97. The van der Waals surface area contributed by atoms with Crippen molar-refractivity contribution in [2.75, 3.05) is 0 Å². The molecule has 0 unspecified atom stereocenters. The third-order valence-electron chi connectivity index (χ3n) is 2.71. The van der Waals surface area contributed by atoms with Gasteiger partial charge in [0.15, 0.2) is 0 Å². The fourth-order valence-electron chi connectivity index (χ4n) is 1.82. The highest BCUT2D eigenvalue weighted by molar-refractivity contribution is 5.93. The summed E-state index contributed by atoms with van der Waals surface area (Å²) in [6, 6.07) is 5.22. The summed E-state index contributed by atoms with van der Waals surface area (Å²) in [7, 11) is 0. The molecule has 2 aromatic heterocycles. The number of nitrogens with one attached hydrogen (secondary N) is 1. The number of nitrogens with two attached hydrogens (primary N) is 1. The molecule has 0 fully saturated rings. The van der Waals surface area contributed by atoms with Crippen molar-refractivity contribution in [1.82, 2.24) is 9.97 Å². The van der Waals surface area contributed by atoms with Gasteiger partial charge in [-0.1, -0.05) is 0 Å². The number of rotatable bonds is 2. The number of aromatic nitrogens is 2. The molecule has 0 saturated heterocycles. The van der Waals surface area contributed by atoms with Crippen LogP contribution in [0.1, 0.15) is 21.7 Å². The van der Waals surface area contributed by atoms with E-state index in [0.717, 1.165) is 16.8 Å². The molecular formula is C13H13N3O2. The average molecular weight is 243 g/mol. The van der Waals surface area contributed by atoms with Gasteiger partial charge < -0.3 is 10.7 Å². The van der Waals surface area contributed by atoms with E-state index in [2.05, 4.69) is 9.97 Å². The molecule has 2 aromatic rings. The number of aromatic amines is 1. The van der Waals surface area contributed by atoms with Crippen molar-refractivity contribution in [3.8, 4) is 11.1 Å². The second-order valence-corrected chi connectivity index (χ2v) is 4.10. The number of nitrogens with zero attached hydrogens (tertiary/aromatic N) is 1. The van der Waals surface area contributed by atoms with Gasteiger partial charge in [-0.15, -0.1) is 0 Å². The molecule has 92 valence electrons. The molecule has 2 rings (SSSR count). The normalized spacial score (nSPS) is 10.3. The minimum absolute atomic E-state index is 0.0370. The van der Waals surface area contributed by atoms with E-state index in [1.54, 1.807) is 13.1 Å². The van der Waals surface area contributed by atoms with Gasteiger partial charge in [-0.05, 0) is 37.6 Å². The molecule has 0 aromatic carbocycles. The maximum atomic E-state index is 11.6. The summed E-state index contributed by atoms with van der Waals surface area (Å²) in [6.45, 7) is 3.65. The summed E-state index contributed by atoms with van der Waals surface area (Å²) < 4.78 is 0. The molecule has 2 heterocycles. The number of carbonyl (C=O) groups is 1. The topological polar surface area (TPSA) is 88.8 Å². The lowest BCUT2D eigenvalue weighted by Gasteiger charge is -2.07. The Morgan fingerprint density at radius 1 is 1.33 bits per heavy atom. The quantitative estimate of drug-likeness (QED) is 0.829. The minimum atomic E-state index is -0.733. The van der Waals surface area contributed by atoms with Gasteiger partial charge >= 0.3 is 0 Å². The number of primary amides is 1. The molecule has 0 spiro atoms. The average Bonchev–Trinajstić information content (AvgIpc) is 2.28. The van der Waals surface area contributed by atoms with Gasteiger partial charge in [-0.2, -0.15) is 0 Å². The van der Waals surface area contributed by atoms with E-state index in [4.69, 9.17) is 5.73 Å². The Balaban J connectivity index is 2.68. The van der Waals surface area contributed by atoms with Crippen LogP contribution in [0, 0.1) is 13.8 Å². The molecule has 1 amide bonds. The van der Waals surface area contributed by atoms with Crippen molar-refractivity contribution >= 4 is 5.91 Å². The molecule has 0 aliphatic carbocycles. The van der Waals surface area contributed by atoms with Gasteiger partial charge in [0.1, 0.15) is 5.56 Å². The van der Waals surface area contributed by atoms with E-state index in [1.807, 2.05) is 19.1 Å². The summed E-state index contributed by atoms with van der Waals surface area (Å²) >= 11 is 0. The molecule has 3 N–H and O–H groups in total. The first kappa shape index (κ1) is 12.0. The Hall–Kier alpha value is -2.43. The minimum Gasteiger partial charge on any atom is -0.365 e. The molecule has 5 nitrogen and oxygen atoms in total. The molecule has 0 bridgehead atoms. The van der Waals surface area contributed by atoms with E-state index >= 15 is 0 Å². The van der Waals surface area contributed by atoms with Gasteiger partial charge in [0.25, 0.3) is 11.5 Å². The van der Waals surface area contributed by atoms with Gasteiger partial charge in [0.05, 0.1) is 0 Å². The van der Waals surface area contributed by atoms with Crippen LogP contribution in [0.4, 0.5) is 0 Å². The number of amides is 1. The van der Waals surface area contributed by atoms with Crippen LogP contribution in [0.5, 0.6) is 0 Å². The molecule has 0 atom stereocenters. The Morgan fingerprint density at radius 3 is 2.67 bits per heavy atom. The highest BCUT2D eigenvalue weighted by Crippen LogP contribution is 2.21. The van der Waals surface area contributed by atoms with E-state index in [-0.39, 0.29) is 5.56 Å². The van der Waals surface area contributed by atoms with E-state index in [0.29, 0.717) is 5.69 Å². The number of carbonyl (C=O) groups excluding carboxylic acids is 1. The molecular weight excluding hydrogens is 230 g/mol. The van der Waals surface area contributed by atoms with Crippen molar-refractivity contribution in [1.29, 1.82) is 0 Å². The van der Waals surface area contributed by atoms with E-state index < -0.39 is 11.5 Å². The SMILES string of the molecule is Cc1cc(-c2cc(C(N)=O)c(=O)[nH]c2C)ccn1. The van der Waals surface area contributed by atoms with E-state index in [1.165, 1.54) is 6.07 Å². The Morgan fingerprint density at radius 2 is 2.06 bits per heavy atom. The fourth-order valence-corrected chi connectivity index (χ4v) is 1.82. The molecule has 5 heteroatoms. The number of hydrogen-bond donors (Lipinski definition) is 2. The smallest absolute Gasteiger partial charge is 0.261 e. The van der Waals surface area contributed by atoms with Crippen LogP contribution in [-0.4, -0.2) is 15.9 Å². The fraction of sp³-hybridized carbons (Fsp3) is 0.154. The summed E-state index contributed by atoms with van der Waals surface area (Å²) in [4.78, 5) is 29.5. The zero-order chi connectivity index (χ0) is 13.3. The first-order chi connectivity index (χ1) is 8.49. The lowest BCUT2D eigenvalue weighted by molar-refractivity contribution is 0.0999. The largest absolute Gasteiger partial charge is 0.365 e. The van der Waals surface area contributed by atoms with Crippen molar-refractivity contribution in [3.63, 3.8) is 0 Å². The van der Waals surface area contributed by atoms with E-state index in [9.17, 15) is 9.59 Å². The summed E-state index contributed by atoms with van der Waals surface area (Å²) in [5.74, 6) is -0.733. The maximum Gasteiger partial charge on any atom is 0.261 e. The van der Waals surface area contributed by atoms with Crippen molar-refractivity contribution in [3.05, 3.63) is 51.7 Å². The van der Waals surface area contributed by atoms with Crippen molar-refractivity contribution < 1.29 is 4.79 Å². The predicted molar refractivity (Wildman–Crippen MR) is 68.3 cm³/mol. The summed E-state index contributed by atoms with van der Waals surface area (Å²) in [6.07, 6.45) is 1.68. The van der Waals surface area contributed by atoms with Crippen molar-refractivity contribution in [2.45, 2.75) is 13.8 Å². The third-order valence-corrected chi connectivity index (χ3v) is 2.71. The highest BCUT2D eigenvalue weighted by Gasteiger charge is 2.11. The highest BCUT2D eigenvalue weighted by atomic mass is 16.2. The van der Waals surface area contributed by atoms with Crippen LogP contribution in [0.3, 0.4) is 0 Å². The Bertz CT molecular complexity index is 674. The lowest BCUT2D eigenvalue weighted by atomic mass is 10.0. The van der Waals surface area contributed by atoms with Gasteiger partial charge in [-0.25, -0.2) is 0 Å². The monoisotopic (exact) mass is 243 g/mol. The predicted octanol–water partition coefficient (Wildman–Crippen LogP) is 1.15. The maximum absolute atomic E-state index is 11.6. The Labute approximate surface area is 104 Å². The lowest BCUT2D eigenvalue weighted by Crippen LogP contribution is -2.24. The number of pyridine rings is 2. The first-order valence-electron chi connectivity index (χ1n) is 5.46. The van der Waals surface area contributed by atoms with Crippen LogP contribution in [0.25, 0.3) is 11.1 Å². The van der Waals surface area contributed by atoms with Crippen LogP contribution >= 0.6 is 0 Å². The first-order valence-corrected chi connectivity index (χ1v) is 5.46. The zero-order valence-corrected chi connectivity index (χ0v) is 10.2. The molecule has 18 heavy (non-hydrogen) atoms. The molecule has 0 saturated carbocycles. The number of H-pyrrole nitrogens is 1. The van der Waals surface area contributed by atoms with Crippen LogP contribution in [0.2, 0.25) is 0 Å². The van der Waals surface area contributed by atoms with Crippen molar-refractivity contribution in [2.24, 2.45) is 5.73 Å². The number of aryl methyl sites for hydroxylation is 2. The second-order valence-electron chi connectivity index (χ2n) is 4.10. The third kappa shape index (κ3) is 2.15. The second kappa shape index (κ2) is 4.44. The number of hydrogen-bond acceptors (Lipinski definition) is 3. The summed E-state index contributed by atoms with van der Waals surface area (Å²) in [5.41, 5.74) is 7.88. The van der Waals surface area contributed by atoms with Crippen LogP contribution < -0.4 is 11.3 Å². The molecule has 0 aliphatic heterocycles. The zero-order valence-electron chi connectivity index (χ0n) is 10.2. The molecule has 0 aliphatic rings. The molecule has 0 radical (unpaired) electrons. The van der Waals surface area contributed by atoms with Gasteiger partial charge in [0.2, 0.25) is 0 Å². The van der Waals surface area contributed by atoms with Crippen LogP contribution in [0.15, 0.2) is 29.2 Å². The van der Waals surface area contributed by atoms with Crippen LogP contribution in [-0.2, 0) is 0 Å². The van der Waals surface area contributed by atoms with Gasteiger partial charge in [0, 0.05) is 23.1 Å². The van der Waals surface area contributed by atoms with Gasteiger partial charge in [-0.3, -0.25) is 14.6 Å². The summed E-state index contributed by atoms with van der Waals surface area (Å²) in [5, 5.41) is 0. The standard InChI is InChI=1S/C13H13N3O2/c1-7-5-9(3-4-15-7)10-6-11(12(14)17)13(18)16-8(10)2/h3-6H,1-2H3,(H2,14,17)(H,16,18).